The molecule has 0 spiro atoms. The van der Waals surface area contributed by atoms with Crippen molar-refractivity contribution in [2.45, 2.75) is 23.9 Å². The average molecular weight is 455 g/mol. The third-order valence-electron chi connectivity index (χ3n) is 4.83. The molecule has 3 aromatic rings. The molecule has 0 aliphatic carbocycles. The fourth-order valence-electron chi connectivity index (χ4n) is 3.32. The van der Waals surface area contributed by atoms with E-state index < -0.39 is 17.4 Å². The van der Waals surface area contributed by atoms with Crippen LogP contribution < -0.4 is 16.2 Å². The number of amides is 2. The van der Waals surface area contributed by atoms with Crippen molar-refractivity contribution in [2.75, 3.05) is 16.4 Å². The molecule has 0 saturated carbocycles. The first-order chi connectivity index (χ1) is 15.0. The molecule has 2 heterocycles. The van der Waals surface area contributed by atoms with Crippen molar-refractivity contribution in [1.29, 1.82) is 0 Å². The fraction of sp³-hybridized carbons (Fsp3) is 0.182. The highest BCUT2D eigenvalue weighted by Crippen LogP contribution is 2.30. The van der Waals surface area contributed by atoms with E-state index in [1.807, 2.05) is 30.3 Å². The van der Waals surface area contributed by atoms with Gasteiger partial charge in [-0.15, -0.1) is 0 Å². The van der Waals surface area contributed by atoms with Crippen LogP contribution in [0.3, 0.4) is 0 Å². The van der Waals surface area contributed by atoms with Gasteiger partial charge in [-0.1, -0.05) is 53.7 Å². The number of aryl methyl sites for hydroxylation is 1. The average Bonchev–Trinajstić information content (AvgIpc) is 2.75. The van der Waals surface area contributed by atoms with E-state index in [1.54, 1.807) is 24.3 Å². The number of fused-ring (bicyclic) bond motifs is 1. The summed E-state index contributed by atoms with van der Waals surface area (Å²) in [5.41, 5.74) is 1.45. The number of benzene rings is 2. The molecule has 0 saturated heterocycles. The van der Waals surface area contributed by atoms with E-state index in [0.717, 1.165) is 6.42 Å². The number of carbonyl (C=O) groups excluding carboxylic acids is 2. The first kappa shape index (κ1) is 21.1. The van der Waals surface area contributed by atoms with Gasteiger partial charge in [-0.2, -0.15) is 0 Å². The van der Waals surface area contributed by atoms with E-state index in [-0.39, 0.29) is 23.7 Å². The normalized spacial score (nSPS) is 15.1. The van der Waals surface area contributed by atoms with Gasteiger partial charge in [0.1, 0.15) is 5.82 Å². The molecule has 7 nitrogen and oxygen atoms in total. The molecule has 158 valence electrons. The molecule has 1 atom stereocenters. The summed E-state index contributed by atoms with van der Waals surface area (Å²) in [5, 5.41) is 6.30. The highest BCUT2D eigenvalue weighted by atomic mass is 35.5. The van der Waals surface area contributed by atoms with Crippen LogP contribution >= 0.6 is 23.4 Å². The number of nitrogens with zero attached hydrogens (tertiary/aromatic N) is 1. The van der Waals surface area contributed by atoms with Crippen molar-refractivity contribution in [3.8, 4) is 0 Å². The van der Waals surface area contributed by atoms with E-state index in [1.165, 1.54) is 17.3 Å². The van der Waals surface area contributed by atoms with Crippen molar-refractivity contribution < 1.29 is 9.59 Å². The van der Waals surface area contributed by atoms with Crippen LogP contribution in [0.1, 0.15) is 23.5 Å². The molecule has 1 aliphatic rings. The number of aromatic nitrogens is 2. The lowest BCUT2D eigenvalue weighted by Crippen LogP contribution is -2.36. The Bertz CT molecular complexity index is 1170. The molecule has 0 fully saturated rings. The first-order valence-electron chi connectivity index (χ1n) is 9.67. The van der Waals surface area contributed by atoms with Crippen LogP contribution in [0.25, 0.3) is 0 Å². The van der Waals surface area contributed by atoms with E-state index in [2.05, 4.69) is 20.6 Å². The number of rotatable bonds is 6. The molecular weight excluding hydrogens is 436 g/mol. The lowest BCUT2D eigenvalue weighted by molar-refractivity contribution is -0.123. The standard InChI is InChI=1S/C22H19ClN4O3S/c23-14-6-8-15(9-7-14)24-20(29)16-12-17(28)25-19-18(16)21(30)27-22(26-19)31-11-10-13-4-2-1-3-5-13/h1-9,16H,10-12H2,(H,24,29)(H2,25,26,27,28,30)/t16-/m1/s1. The maximum atomic E-state index is 12.8. The predicted molar refractivity (Wildman–Crippen MR) is 122 cm³/mol. The third-order valence-corrected chi connectivity index (χ3v) is 5.96. The summed E-state index contributed by atoms with van der Waals surface area (Å²) >= 11 is 7.25. The third kappa shape index (κ3) is 5.15. The Labute approximate surface area is 187 Å². The van der Waals surface area contributed by atoms with Crippen LogP contribution in [0.15, 0.2) is 64.5 Å². The van der Waals surface area contributed by atoms with Crippen molar-refractivity contribution >= 4 is 46.7 Å². The molecule has 1 aromatic heterocycles. The quantitative estimate of drug-likeness (QED) is 0.388. The molecule has 4 rings (SSSR count). The molecule has 2 amide bonds. The number of hydrogen-bond donors (Lipinski definition) is 3. The van der Waals surface area contributed by atoms with E-state index in [0.29, 0.717) is 21.6 Å². The zero-order valence-electron chi connectivity index (χ0n) is 16.4. The van der Waals surface area contributed by atoms with E-state index in [4.69, 9.17) is 11.6 Å². The Morgan fingerprint density at radius 3 is 2.61 bits per heavy atom. The highest BCUT2D eigenvalue weighted by molar-refractivity contribution is 7.99. The van der Waals surface area contributed by atoms with E-state index >= 15 is 0 Å². The van der Waals surface area contributed by atoms with Crippen molar-refractivity contribution in [3.63, 3.8) is 0 Å². The van der Waals surface area contributed by atoms with Gasteiger partial charge in [0.05, 0.1) is 11.5 Å². The summed E-state index contributed by atoms with van der Waals surface area (Å²) < 4.78 is 0. The molecule has 2 aromatic carbocycles. The second-order valence-corrected chi connectivity index (χ2v) is 8.54. The molecule has 0 unspecified atom stereocenters. The molecule has 1 aliphatic heterocycles. The van der Waals surface area contributed by atoms with Crippen LogP contribution in [0.2, 0.25) is 5.02 Å². The topological polar surface area (TPSA) is 104 Å². The van der Waals surface area contributed by atoms with Crippen molar-refractivity contribution in [2.24, 2.45) is 0 Å². The summed E-state index contributed by atoms with van der Waals surface area (Å²) in [6.07, 6.45) is 0.683. The Kier molecular flexibility index (Phi) is 6.39. The first-order valence-corrected chi connectivity index (χ1v) is 11.0. The van der Waals surface area contributed by atoms with Gasteiger partial charge in [0.2, 0.25) is 11.8 Å². The number of H-pyrrole nitrogens is 1. The second kappa shape index (κ2) is 9.36. The number of aromatic amines is 1. The van der Waals surface area contributed by atoms with Crippen LogP contribution in [-0.2, 0) is 16.0 Å². The Hall–Kier alpha value is -3.10. The molecule has 31 heavy (non-hydrogen) atoms. The van der Waals surface area contributed by atoms with Gasteiger partial charge in [0.15, 0.2) is 5.16 Å². The van der Waals surface area contributed by atoms with Crippen molar-refractivity contribution in [1.82, 2.24) is 9.97 Å². The molecule has 0 bridgehead atoms. The predicted octanol–water partition coefficient (Wildman–Crippen LogP) is 3.82. The lowest BCUT2D eigenvalue weighted by Gasteiger charge is -2.23. The largest absolute Gasteiger partial charge is 0.326 e. The Morgan fingerprint density at radius 2 is 1.87 bits per heavy atom. The molecule has 3 N–H and O–H groups in total. The number of anilines is 2. The van der Waals surface area contributed by atoms with Crippen LogP contribution in [0.4, 0.5) is 11.5 Å². The number of thioether (sulfide) groups is 1. The lowest BCUT2D eigenvalue weighted by atomic mass is 9.92. The highest BCUT2D eigenvalue weighted by Gasteiger charge is 2.34. The summed E-state index contributed by atoms with van der Waals surface area (Å²) in [6.45, 7) is 0. The smallest absolute Gasteiger partial charge is 0.257 e. The zero-order valence-corrected chi connectivity index (χ0v) is 17.9. The monoisotopic (exact) mass is 454 g/mol. The zero-order chi connectivity index (χ0) is 21.8. The SMILES string of the molecule is O=C1C[C@@H](C(=O)Nc2ccc(Cl)cc2)c2c(nc(SCCc3ccccc3)[nH]c2=O)N1. The minimum absolute atomic E-state index is 0.127. The summed E-state index contributed by atoms with van der Waals surface area (Å²) in [5.74, 6) is -0.894. The summed E-state index contributed by atoms with van der Waals surface area (Å²) in [4.78, 5) is 44.9. The van der Waals surface area contributed by atoms with Gasteiger partial charge in [0, 0.05) is 22.9 Å². The van der Waals surface area contributed by atoms with Gasteiger partial charge in [0.25, 0.3) is 5.56 Å². The maximum Gasteiger partial charge on any atom is 0.257 e. The minimum Gasteiger partial charge on any atom is -0.326 e. The van der Waals surface area contributed by atoms with Crippen LogP contribution in [0, 0.1) is 0 Å². The fourth-order valence-corrected chi connectivity index (χ4v) is 4.29. The van der Waals surface area contributed by atoms with Gasteiger partial charge >= 0.3 is 0 Å². The van der Waals surface area contributed by atoms with Crippen LogP contribution in [-0.4, -0.2) is 27.5 Å². The van der Waals surface area contributed by atoms with Gasteiger partial charge in [-0.25, -0.2) is 4.98 Å². The Balaban J connectivity index is 1.51. The number of carbonyl (C=O) groups is 2. The Morgan fingerprint density at radius 1 is 1.13 bits per heavy atom. The maximum absolute atomic E-state index is 12.8. The van der Waals surface area contributed by atoms with Gasteiger partial charge in [-0.05, 0) is 36.2 Å². The van der Waals surface area contributed by atoms with E-state index in [9.17, 15) is 14.4 Å². The molecule has 9 heteroatoms. The summed E-state index contributed by atoms with van der Waals surface area (Å²) in [7, 11) is 0. The molecule has 0 radical (unpaired) electrons. The van der Waals surface area contributed by atoms with Crippen molar-refractivity contribution in [3.05, 3.63) is 81.1 Å². The number of halogens is 1. The number of hydrogen-bond acceptors (Lipinski definition) is 5. The van der Waals surface area contributed by atoms with Crippen LogP contribution in [0.5, 0.6) is 0 Å². The molecular formula is C22H19ClN4O3S. The number of nitrogens with one attached hydrogen (secondary N) is 3. The summed E-state index contributed by atoms with van der Waals surface area (Å²) in [6, 6.07) is 16.6. The van der Waals surface area contributed by atoms with Gasteiger partial charge in [-0.3, -0.25) is 14.4 Å². The minimum atomic E-state index is -0.931. The van der Waals surface area contributed by atoms with Gasteiger partial charge < -0.3 is 15.6 Å². The second-order valence-electron chi connectivity index (χ2n) is 7.02.